The summed E-state index contributed by atoms with van der Waals surface area (Å²) in [6, 6.07) is 15.0. The second-order valence-corrected chi connectivity index (χ2v) is 10.4. The number of benzene rings is 2. The van der Waals surface area contributed by atoms with Gasteiger partial charge in [0, 0.05) is 11.7 Å². The Balaban J connectivity index is 2.45. The molecule has 2 N–H and O–H groups in total. The molecule has 2 aromatic carbocycles. The lowest BCUT2D eigenvalue weighted by molar-refractivity contribution is -0.136. The highest BCUT2D eigenvalue weighted by atomic mass is 32.2. The first kappa shape index (κ1) is 28.8. The summed E-state index contributed by atoms with van der Waals surface area (Å²) in [6.07, 6.45) is 7.33. The van der Waals surface area contributed by atoms with Crippen LogP contribution >= 0.6 is 11.8 Å². The zero-order valence-corrected chi connectivity index (χ0v) is 22.6. The molecule has 0 fully saturated rings. The minimum absolute atomic E-state index is 0.317. The summed E-state index contributed by atoms with van der Waals surface area (Å²) < 4.78 is 5.35. The molecule has 7 nitrogen and oxygen atoms in total. The van der Waals surface area contributed by atoms with Crippen molar-refractivity contribution >= 4 is 35.4 Å². The number of carbonyl (C=O) groups is 3. The Hall–Kier alpha value is -3.44. The van der Waals surface area contributed by atoms with Gasteiger partial charge in [0.25, 0.3) is 11.8 Å². The molecule has 2 rings (SSSR count). The zero-order valence-electron chi connectivity index (χ0n) is 21.8. The molecule has 0 spiro atoms. The third kappa shape index (κ3) is 8.35. The maximum Gasteiger partial charge on any atom is 0.408 e. The van der Waals surface area contributed by atoms with Gasteiger partial charge in [0.1, 0.15) is 17.7 Å². The molecular weight excluding hydrogens is 474 g/mol. The molecule has 0 saturated carbocycles. The van der Waals surface area contributed by atoms with E-state index in [2.05, 4.69) is 16.7 Å². The van der Waals surface area contributed by atoms with Crippen molar-refractivity contribution in [1.29, 1.82) is 0 Å². The van der Waals surface area contributed by atoms with Crippen LogP contribution in [0.4, 0.5) is 10.5 Å². The van der Waals surface area contributed by atoms with Crippen LogP contribution in [0.25, 0.3) is 0 Å². The Morgan fingerprint density at radius 3 is 2.39 bits per heavy atom. The SMILES string of the molecule is C#CN(C(=O)C(CCSC)NC(=O)OC(C)(C)C)C(C(=O)Nc1ccccc1C)c1cccc(C)c1. The maximum absolute atomic E-state index is 13.7. The molecule has 2 atom stereocenters. The Morgan fingerprint density at radius 2 is 1.81 bits per heavy atom. The van der Waals surface area contributed by atoms with E-state index in [4.69, 9.17) is 11.2 Å². The van der Waals surface area contributed by atoms with Crippen LogP contribution in [-0.4, -0.2) is 46.5 Å². The van der Waals surface area contributed by atoms with Crippen molar-refractivity contribution in [3.8, 4) is 12.5 Å². The van der Waals surface area contributed by atoms with E-state index in [0.29, 0.717) is 23.4 Å². The van der Waals surface area contributed by atoms with Crippen molar-refractivity contribution in [2.45, 2.75) is 58.7 Å². The highest BCUT2D eigenvalue weighted by Gasteiger charge is 2.36. The number of amides is 3. The summed E-state index contributed by atoms with van der Waals surface area (Å²) >= 11 is 1.53. The van der Waals surface area contributed by atoms with Gasteiger partial charge in [-0.2, -0.15) is 11.8 Å². The summed E-state index contributed by atoms with van der Waals surface area (Å²) in [7, 11) is 0. The van der Waals surface area contributed by atoms with E-state index in [9.17, 15) is 14.4 Å². The fraction of sp³-hybridized carbons (Fsp3) is 0.393. The summed E-state index contributed by atoms with van der Waals surface area (Å²) in [5.74, 6) is -0.430. The van der Waals surface area contributed by atoms with Crippen LogP contribution in [0, 0.1) is 26.3 Å². The third-order valence-corrected chi connectivity index (χ3v) is 5.89. The first-order valence-electron chi connectivity index (χ1n) is 11.7. The van der Waals surface area contributed by atoms with Crippen molar-refractivity contribution in [3.05, 3.63) is 65.2 Å². The van der Waals surface area contributed by atoms with Crippen molar-refractivity contribution in [2.24, 2.45) is 0 Å². The quantitative estimate of drug-likeness (QED) is 0.365. The molecule has 3 amide bonds. The molecule has 0 aliphatic rings. The number of hydrogen-bond donors (Lipinski definition) is 2. The van der Waals surface area contributed by atoms with Crippen LogP contribution in [-0.2, 0) is 14.3 Å². The van der Waals surface area contributed by atoms with E-state index >= 15 is 0 Å². The fourth-order valence-corrected chi connectivity index (χ4v) is 4.02. The number of alkyl carbamates (subject to hydrolysis) is 1. The Morgan fingerprint density at radius 1 is 1.11 bits per heavy atom. The van der Waals surface area contributed by atoms with Gasteiger partial charge in [-0.1, -0.05) is 54.5 Å². The molecule has 192 valence electrons. The number of thioether (sulfide) groups is 1. The molecule has 0 radical (unpaired) electrons. The van der Waals surface area contributed by atoms with Gasteiger partial charge in [-0.15, -0.1) is 0 Å². The maximum atomic E-state index is 13.7. The number of nitrogens with one attached hydrogen (secondary N) is 2. The van der Waals surface area contributed by atoms with Crippen LogP contribution in [0.2, 0.25) is 0 Å². The number of terminal acetylenes is 1. The molecule has 0 saturated heterocycles. The number of para-hydroxylation sites is 1. The van der Waals surface area contributed by atoms with Gasteiger partial charge < -0.3 is 15.4 Å². The first-order valence-corrected chi connectivity index (χ1v) is 13.1. The van der Waals surface area contributed by atoms with E-state index in [1.165, 1.54) is 11.8 Å². The molecule has 0 aliphatic heterocycles. The number of nitrogens with zero attached hydrogens (tertiary/aromatic N) is 1. The van der Waals surface area contributed by atoms with E-state index in [1.54, 1.807) is 32.9 Å². The number of anilines is 1. The number of ether oxygens (including phenoxy) is 1. The van der Waals surface area contributed by atoms with Gasteiger partial charge in [-0.05, 0) is 70.2 Å². The molecule has 2 unspecified atom stereocenters. The Bertz CT molecular complexity index is 1120. The standard InChI is InChI=1S/C28H35N3O4S/c1-8-31(26(33)23(16-17-36-7)30-27(34)35-28(4,5)6)24(21-14-11-12-19(2)18-21)25(32)29-22-15-10-9-13-20(22)3/h1,9-15,18,23-24H,16-17H2,2-7H3,(H,29,32)(H,30,34). The minimum atomic E-state index is -1.11. The van der Waals surface area contributed by atoms with Gasteiger partial charge in [-0.3, -0.25) is 14.5 Å². The normalized spacial score (nSPS) is 12.6. The summed E-state index contributed by atoms with van der Waals surface area (Å²) in [5.41, 5.74) is 2.23. The monoisotopic (exact) mass is 509 g/mol. The van der Waals surface area contributed by atoms with Crippen LogP contribution in [0.3, 0.4) is 0 Å². The molecule has 8 heteroatoms. The number of rotatable bonds is 9. The van der Waals surface area contributed by atoms with Crippen LogP contribution in [0.5, 0.6) is 0 Å². The highest BCUT2D eigenvalue weighted by molar-refractivity contribution is 7.98. The predicted molar refractivity (Wildman–Crippen MR) is 146 cm³/mol. The van der Waals surface area contributed by atoms with Gasteiger partial charge in [-0.25, -0.2) is 4.79 Å². The number of hydrogen-bond acceptors (Lipinski definition) is 5. The molecule has 0 bridgehead atoms. The molecule has 2 aromatic rings. The van der Waals surface area contributed by atoms with Crippen LogP contribution in [0.1, 0.15) is 49.9 Å². The van der Waals surface area contributed by atoms with Crippen LogP contribution < -0.4 is 10.6 Å². The van der Waals surface area contributed by atoms with Gasteiger partial charge in [0.2, 0.25) is 0 Å². The summed E-state index contributed by atoms with van der Waals surface area (Å²) in [4.78, 5) is 40.9. The van der Waals surface area contributed by atoms with Gasteiger partial charge >= 0.3 is 6.09 Å². The molecule has 0 heterocycles. The Kier molecular flexibility index (Phi) is 10.4. The average molecular weight is 510 g/mol. The lowest BCUT2D eigenvalue weighted by Gasteiger charge is -2.30. The van der Waals surface area contributed by atoms with Gasteiger partial charge in [0.05, 0.1) is 0 Å². The van der Waals surface area contributed by atoms with E-state index in [1.807, 2.05) is 56.5 Å². The molecule has 36 heavy (non-hydrogen) atoms. The van der Waals surface area contributed by atoms with Gasteiger partial charge in [0.15, 0.2) is 0 Å². The fourth-order valence-electron chi connectivity index (χ4n) is 3.55. The number of carbonyl (C=O) groups excluding carboxylic acids is 3. The molecular formula is C28H35N3O4S. The minimum Gasteiger partial charge on any atom is -0.444 e. The lowest BCUT2D eigenvalue weighted by Crippen LogP contribution is -2.51. The average Bonchev–Trinajstić information content (AvgIpc) is 2.79. The molecule has 0 aromatic heterocycles. The topological polar surface area (TPSA) is 87.7 Å². The number of aryl methyl sites for hydroxylation is 2. The molecule has 0 aliphatic carbocycles. The van der Waals surface area contributed by atoms with Crippen molar-refractivity contribution in [3.63, 3.8) is 0 Å². The lowest BCUT2D eigenvalue weighted by atomic mass is 10.0. The second-order valence-electron chi connectivity index (χ2n) is 9.44. The smallest absolute Gasteiger partial charge is 0.408 e. The summed E-state index contributed by atoms with van der Waals surface area (Å²) in [5, 5.41) is 5.55. The van der Waals surface area contributed by atoms with Crippen molar-refractivity contribution < 1.29 is 19.1 Å². The first-order chi connectivity index (χ1) is 17.0. The van der Waals surface area contributed by atoms with E-state index < -0.39 is 35.6 Å². The second kappa shape index (κ2) is 13.0. The Labute approximate surface area is 218 Å². The highest BCUT2D eigenvalue weighted by Crippen LogP contribution is 2.26. The van der Waals surface area contributed by atoms with Crippen LogP contribution in [0.15, 0.2) is 48.5 Å². The summed E-state index contributed by atoms with van der Waals surface area (Å²) in [6.45, 7) is 8.99. The zero-order chi connectivity index (χ0) is 26.9. The predicted octanol–water partition coefficient (Wildman–Crippen LogP) is 5.05. The third-order valence-electron chi connectivity index (χ3n) is 5.24. The van der Waals surface area contributed by atoms with E-state index in [-0.39, 0.29) is 0 Å². The van der Waals surface area contributed by atoms with Crippen molar-refractivity contribution in [2.75, 3.05) is 17.3 Å². The largest absolute Gasteiger partial charge is 0.444 e. The van der Waals surface area contributed by atoms with E-state index in [0.717, 1.165) is 16.0 Å². The van der Waals surface area contributed by atoms with Crippen molar-refractivity contribution in [1.82, 2.24) is 10.2 Å².